The van der Waals surface area contributed by atoms with Gasteiger partial charge in [-0.15, -0.1) is 11.3 Å². The van der Waals surface area contributed by atoms with Gasteiger partial charge in [0.1, 0.15) is 6.10 Å². The standard InChI is InChI=1S/C22H31F2N3O3S/c1-21(2,3)17(12-4-5-12)30-20(29)27-15-10-14(15)16-11-31-19(26-16)18(28)25-13-6-8-22(23,24)9-7-13/h11-15,17H,4-10H2,1-3H3,(H,25,28)(H,27,29)/t14-,15-,17?/m1/s1. The van der Waals surface area contributed by atoms with E-state index < -0.39 is 5.92 Å². The number of ether oxygens (including phenoxy) is 1. The molecule has 3 fully saturated rings. The minimum absolute atomic E-state index is 0.0362. The summed E-state index contributed by atoms with van der Waals surface area (Å²) in [6.07, 6.45) is 2.69. The normalized spacial score (nSPS) is 26.7. The maximum atomic E-state index is 13.3. The SMILES string of the molecule is CC(C)(C)C(OC(=O)N[C@@H]1C[C@H]1c1csc(C(=O)NC2CCC(F)(F)CC2)n1)C1CC1. The van der Waals surface area contributed by atoms with Crippen molar-refractivity contribution < 1.29 is 23.1 Å². The Morgan fingerprint density at radius 1 is 1.19 bits per heavy atom. The molecule has 0 aliphatic heterocycles. The number of alkyl carbamates (subject to hydrolysis) is 1. The zero-order chi connectivity index (χ0) is 22.4. The molecule has 172 valence electrons. The Morgan fingerprint density at radius 2 is 1.87 bits per heavy atom. The van der Waals surface area contributed by atoms with Crippen LogP contribution in [0.5, 0.6) is 0 Å². The first-order valence-corrected chi connectivity index (χ1v) is 12.0. The smallest absolute Gasteiger partial charge is 0.407 e. The van der Waals surface area contributed by atoms with Crippen LogP contribution in [0.15, 0.2) is 5.38 Å². The van der Waals surface area contributed by atoms with Crippen LogP contribution in [0.25, 0.3) is 0 Å². The van der Waals surface area contributed by atoms with Crippen molar-refractivity contribution >= 4 is 23.3 Å². The lowest BCUT2D eigenvalue weighted by molar-refractivity contribution is -0.0399. The molecule has 1 aromatic heterocycles. The molecule has 3 atom stereocenters. The Bertz CT molecular complexity index is 824. The minimum Gasteiger partial charge on any atom is -0.445 e. The van der Waals surface area contributed by atoms with Crippen LogP contribution in [0, 0.1) is 11.3 Å². The molecule has 0 aromatic carbocycles. The van der Waals surface area contributed by atoms with E-state index >= 15 is 0 Å². The summed E-state index contributed by atoms with van der Waals surface area (Å²) in [7, 11) is 0. The highest BCUT2D eigenvalue weighted by Gasteiger charge is 2.45. The molecule has 4 rings (SSSR count). The van der Waals surface area contributed by atoms with E-state index in [-0.39, 0.29) is 67.2 Å². The lowest BCUT2D eigenvalue weighted by Gasteiger charge is -2.30. The van der Waals surface area contributed by atoms with Gasteiger partial charge < -0.3 is 15.4 Å². The van der Waals surface area contributed by atoms with Gasteiger partial charge in [0.25, 0.3) is 5.91 Å². The number of hydrogen-bond donors (Lipinski definition) is 2. The maximum Gasteiger partial charge on any atom is 0.407 e. The summed E-state index contributed by atoms with van der Waals surface area (Å²) in [5.41, 5.74) is 0.692. The van der Waals surface area contributed by atoms with Gasteiger partial charge >= 0.3 is 6.09 Å². The maximum absolute atomic E-state index is 13.3. The summed E-state index contributed by atoms with van der Waals surface area (Å²) >= 11 is 1.25. The average molecular weight is 456 g/mol. The molecule has 1 heterocycles. The topological polar surface area (TPSA) is 80.3 Å². The average Bonchev–Trinajstić information content (AvgIpc) is 3.59. The lowest BCUT2D eigenvalue weighted by Crippen LogP contribution is -2.40. The second-order valence-electron chi connectivity index (χ2n) is 10.3. The van der Waals surface area contributed by atoms with E-state index in [2.05, 4.69) is 36.4 Å². The number of nitrogens with one attached hydrogen (secondary N) is 2. The Balaban J connectivity index is 1.25. The van der Waals surface area contributed by atoms with Crippen molar-refractivity contribution in [3.05, 3.63) is 16.1 Å². The van der Waals surface area contributed by atoms with E-state index in [9.17, 15) is 18.4 Å². The molecule has 31 heavy (non-hydrogen) atoms. The van der Waals surface area contributed by atoms with Gasteiger partial charge in [0.15, 0.2) is 5.01 Å². The van der Waals surface area contributed by atoms with Gasteiger partial charge in [-0.05, 0) is 43.4 Å². The van der Waals surface area contributed by atoms with Crippen molar-refractivity contribution in [1.82, 2.24) is 15.6 Å². The van der Waals surface area contributed by atoms with Crippen LogP contribution in [0.3, 0.4) is 0 Å². The first-order valence-electron chi connectivity index (χ1n) is 11.1. The monoisotopic (exact) mass is 455 g/mol. The van der Waals surface area contributed by atoms with Crippen LogP contribution < -0.4 is 10.6 Å². The van der Waals surface area contributed by atoms with Crippen LogP contribution in [-0.2, 0) is 4.74 Å². The summed E-state index contributed by atoms with van der Waals surface area (Å²) in [5.74, 6) is -2.40. The highest BCUT2D eigenvalue weighted by Crippen LogP contribution is 2.44. The fourth-order valence-corrected chi connectivity index (χ4v) is 5.14. The predicted octanol–water partition coefficient (Wildman–Crippen LogP) is 4.86. The van der Waals surface area contributed by atoms with E-state index in [1.54, 1.807) is 0 Å². The first-order chi connectivity index (χ1) is 14.5. The van der Waals surface area contributed by atoms with Crippen molar-refractivity contribution in [2.75, 3.05) is 0 Å². The predicted molar refractivity (Wildman–Crippen MR) is 114 cm³/mol. The molecule has 3 aliphatic rings. The molecule has 3 saturated carbocycles. The van der Waals surface area contributed by atoms with Gasteiger partial charge in [-0.1, -0.05) is 20.8 Å². The summed E-state index contributed by atoms with van der Waals surface area (Å²) in [6, 6.07) is -0.266. The van der Waals surface area contributed by atoms with Crippen LogP contribution in [0.1, 0.15) is 87.1 Å². The molecule has 1 unspecified atom stereocenters. The molecular formula is C22H31F2N3O3S. The van der Waals surface area contributed by atoms with Crippen molar-refractivity contribution in [2.45, 2.75) is 95.7 Å². The number of nitrogens with zero attached hydrogens (tertiary/aromatic N) is 1. The van der Waals surface area contributed by atoms with Gasteiger partial charge in [-0.2, -0.15) is 0 Å². The number of alkyl halides is 2. The molecular weight excluding hydrogens is 424 g/mol. The highest BCUT2D eigenvalue weighted by molar-refractivity contribution is 7.11. The molecule has 0 radical (unpaired) electrons. The molecule has 0 spiro atoms. The Kier molecular flexibility index (Phi) is 6.00. The van der Waals surface area contributed by atoms with E-state index in [1.165, 1.54) is 11.3 Å². The van der Waals surface area contributed by atoms with Crippen LogP contribution >= 0.6 is 11.3 Å². The quantitative estimate of drug-likeness (QED) is 0.642. The number of aromatic nitrogens is 1. The number of rotatable bonds is 6. The second kappa shape index (κ2) is 8.30. The second-order valence-corrected chi connectivity index (χ2v) is 11.2. The van der Waals surface area contributed by atoms with Crippen molar-refractivity contribution in [2.24, 2.45) is 11.3 Å². The molecule has 1 aromatic rings. The lowest BCUT2D eigenvalue weighted by atomic mass is 9.86. The summed E-state index contributed by atoms with van der Waals surface area (Å²) in [6.45, 7) is 6.26. The largest absolute Gasteiger partial charge is 0.445 e. The highest BCUT2D eigenvalue weighted by atomic mass is 32.1. The van der Waals surface area contributed by atoms with Gasteiger partial charge in [0.05, 0.1) is 5.69 Å². The molecule has 2 N–H and O–H groups in total. The number of carbonyl (C=O) groups is 2. The summed E-state index contributed by atoms with van der Waals surface area (Å²) < 4.78 is 32.3. The minimum atomic E-state index is -2.61. The number of thiazole rings is 1. The number of halogens is 2. The van der Waals surface area contributed by atoms with Crippen LogP contribution in [0.2, 0.25) is 0 Å². The zero-order valence-electron chi connectivity index (χ0n) is 18.2. The van der Waals surface area contributed by atoms with Gasteiger partial charge in [-0.25, -0.2) is 18.6 Å². The van der Waals surface area contributed by atoms with Crippen molar-refractivity contribution in [3.63, 3.8) is 0 Å². The Labute approximate surface area is 185 Å². The van der Waals surface area contributed by atoms with Crippen LogP contribution in [-0.4, -0.2) is 41.1 Å². The molecule has 2 amide bonds. The third-order valence-electron chi connectivity index (χ3n) is 6.38. The van der Waals surface area contributed by atoms with E-state index in [0.717, 1.165) is 25.0 Å². The third kappa shape index (κ3) is 5.73. The Hall–Kier alpha value is -1.77. The fourth-order valence-electron chi connectivity index (χ4n) is 4.35. The molecule has 6 nitrogen and oxygen atoms in total. The van der Waals surface area contributed by atoms with Crippen molar-refractivity contribution in [3.8, 4) is 0 Å². The third-order valence-corrected chi connectivity index (χ3v) is 7.24. The summed E-state index contributed by atoms with van der Waals surface area (Å²) in [5, 5.41) is 7.93. The van der Waals surface area contributed by atoms with E-state index in [4.69, 9.17) is 4.74 Å². The molecule has 0 saturated heterocycles. The molecule has 3 aliphatic carbocycles. The number of carbonyl (C=O) groups excluding carboxylic acids is 2. The Morgan fingerprint density at radius 3 is 2.48 bits per heavy atom. The van der Waals surface area contributed by atoms with E-state index in [1.807, 2.05) is 5.38 Å². The van der Waals surface area contributed by atoms with Gasteiger partial charge in [0, 0.05) is 36.2 Å². The number of amides is 2. The molecule has 0 bridgehead atoms. The zero-order valence-corrected chi connectivity index (χ0v) is 19.1. The van der Waals surface area contributed by atoms with Crippen LogP contribution in [0.4, 0.5) is 13.6 Å². The van der Waals surface area contributed by atoms with Gasteiger partial charge in [0.2, 0.25) is 5.92 Å². The fraction of sp³-hybridized carbons (Fsp3) is 0.773. The molecule has 9 heteroatoms. The van der Waals surface area contributed by atoms with Crippen molar-refractivity contribution in [1.29, 1.82) is 0 Å². The first kappa shape index (κ1) is 22.4. The van der Waals surface area contributed by atoms with E-state index in [0.29, 0.717) is 10.9 Å². The van der Waals surface area contributed by atoms with Gasteiger partial charge in [-0.3, -0.25) is 4.79 Å². The number of hydrogen-bond acceptors (Lipinski definition) is 5. The summed E-state index contributed by atoms with van der Waals surface area (Å²) in [4.78, 5) is 29.2.